The minimum absolute atomic E-state index is 0.0889. The molecule has 2 rings (SSSR count). The molecule has 1 saturated carbocycles. The standard InChI is InChI=1S/C15H30N2O/c1-15(2)9-8-14(18-15)12-17(11-10-16)13-6-4-3-5-7-13/h13-14H,3-12,16H2,1-2H3. The molecule has 1 unspecified atom stereocenters. The Kier molecular flexibility index (Phi) is 5.05. The van der Waals surface area contributed by atoms with Crippen LogP contribution in [0.1, 0.15) is 58.8 Å². The predicted molar refractivity (Wildman–Crippen MR) is 75.7 cm³/mol. The second-order valence-electron chi connectivity index (χ2n) is 6.61. The average Bonchev–Trinajstić information content (AvgIpc) is 2.69. The Morgan fingerprint density at radius 2 is 1.89 bits per heavy atom. The smallest absolute Gasteiger partial charge is 0.0710 e. The molecule has 1 atom stereocenters. The average molecular weight is 254 g/mol. The fourth-order valence-electron chi connectivity index (χ4n) is 3.50. The third kappa shape index (κ3) is 3.94. The molecule has 0 aromatic carbocycles. The van der Waals surface area contributed by atoms with Gasteiger partial charge >= 0.3 is 0 Å². The Morgan fingerprint density at radius 1 is 1.17 bits per heavy atom. The highest BCUT2D eigenvalue weighted by molar-refractivity contribution is 4.85. The zero-order chi connectivity index (χ0) is 13.0. The molecule has 3 nitrogen and oxygen atoms in total. The lowest BCUT2D eigenvalue weighted by Gasteiger charge is -2.36. The highest BCUT2D eigenvalue weighted by atomic mass is 16.5. The first kappa shape index (κ1) is 14.3. The summed E-state index contributed by atoms with van der Waals surface area (Å²) in [6, 6.07) is 0.759. The van der Waals surface area contributed by atoms with E-state index in [9.17, 15) is 0 Å². The number of rotatable bonds is 5. The van der Waals surface area contributed by atoms with Crippen molar-refractivity contribution >= 4 is 0 Å². The molecule has 1 saturated heterocycles. The van der Waals surface area contributed by atoms with E-state index < -0.39 is 0 Å². The molecule has 0 amide bonds. The molecule has 2 aliphatic rings. The Bertz CT molecular complexity index is 249. The summed E-state index contributed by atoms with van der Waals surface area (Å²) in [4.78, 5) is 2.60. The summed E-state index contributed by atoms with van der Waals surface area (Å²) in [6.45, 7) is 7.31. The van der Waals surface area contributed by atoms with E-state index in [0.29, 0.717) is 6.10 Å². The molecule has 0 spiro atoms. The van der Waals surface area contributed by atoms with Crippen LogP contribution in [0.2, 0.25) is 0 Å². The van der Waals surface area contributed by atoms with Crippen LogP contribution in [-0.4, -0.2) is 42.3 Å². The Balaban J connectivity index is 1.85. The van der Waals surface area contributed by atoms with E-state index in [4.69, 9.17) is 10.5 Å². The third-order valence-electron chi connectivity index (χ3n) is 4.50. The molecule has 1 aliphatic heterocycles. The number of hydrogen-bond acceptors (Lipinski definition) is 3. The van der Waals surface area contributed by atoms with Crippen molar-refractivity contribution in [2.24, 2.45) is 5.73 Å². The summed E-state index contributed by atoms with van der Waals surface area (Å²) in [5, 5.41) is 0. The maximum atomic E-state index is 6.13. The molecule has 1 aliphatic carbocycles. The van der Waals surface area contributed by atoms with Crippen LogP contribution in [-0.2, 0) is 4.74 Å². The monoisotopic (exact) mass is 254 g/mol. The van der Waals surface area contributed by atoms with Crippen LogP contribution in [0.3, 0.4) is 0 Å². The van der Waals surface area contributed by atoms with E-state index in [1.54, 1.807) is 0 Å². The number of ether oxygens (including phenoxy) is 1. The van der Waals surface area contributed by atoms with Crippen molar-refractivity contribution in [3.05, 3.63) is 0 Å². The normalized spacial score (nSPS) is 29.0. The fraction of sp³-hybridized carbons (Fsp3) is 1.00. The van der Waals surface area contributed by atoms with Gasteiger partial charge in [0.25, 0.3) is 0 Å². The van der Waals surface area contributed by atoms with Crippen molar-refractivity contribution < 1.29 is 4.74 Å². The van der Waals surface area contributed by atoms with E-state index in [2.05, 4.69) is 18.7 Å². The molecule has 18 heavy (non-hydrogen) atoms. The van der Waals surface area contributed by atoms with Gasteiger partial charge in [0, 0.05) is 25.7 Å². The van der Waals surface area contributed by atoms with Gasteiger partial charge in [-0.25, -0.2) is 0 Å². The quantitative estimate of drug-likeness (QED) is 0.819. The van der Waals surface area contributed by atoms with Crippen molar-refractivity contribution in [2.75, 3.05) is 19.6 Å². The molecule has 2 fully saturated rings. The van der Waals surface area contributed by atoms with E-state index in [1.807, 2.05) is 0 Å². The Labute approximate surface area is 112 Å². The fourth-order valence-corrected chi connectivity index (χ4v) is 3.50. The molecule has 0 bridgehead atoms. The van der Waals surface area contributed by atoms with Crippen LogP contribution < -0.4 is 5.73 Å². The topological polar surface area (TPSA) is 38.5 Å². The maximum absolute atomic E-state index is 6.13. The molecule has 0 aromatic rings. The van der Waals surface area contributed by atoms with Gasteiger partial charge in [0.1, 0.15) is 0 Å². The van der Waals surface area contributed by atoms with E-state index in [-0.39, 0.29) is 5.60 Å². The summed E-state index contributed by atoms with van der Waals surface area (Å²) >= 11 is 0. The van der Waals surface area contributed by atoms with E-state index in [1.165, 1.54) is 44.9 Å². The molecule has 106 valence electrons. The summed E-state index contributed by atoms with van der Waals surface area (Å²) < 4.78 is 6.13. The minimum Gasteiger partial charge on any atom is -0.371 e. The van der Waals surface area contributed by atoms with Crippen LogP contribution in [0.25, 0.3) is 0 Å². The molecule has 0 aromatic heterocycles. The molecule has 0 radical (unpaired) electrons. The van der Waals surface area contributed by atoms with Gasteiger partial charge in [-0.1, -0.05) is 19.3 Å². The van der Waals surface area contributed by atoms with Gasteiger partial charge in [-0.05, 0) is 39.5 Å². The number of hydrogen-bond donors (Lipinski definition) is 1. The highest BCUT2D eigenvalue weighted by Gasteiger charge is 2.33. The summed E-state index contributed by atoms with van der Waals surface area (Å²) in [7, 11) is 0. The maximum Gasteiger partial charge on any atom is 0.0710 e. The van der Waals surface area contributed by atoms with Gasteiger partial charge in [0.05, 0.1) is 11.7 Å². The second kappa shape index (κ2) is 6.36. The van der Waals surface area contributed by atoms with Crippen LogP contribution >= 0.6 is 0 Å². The van der Waals surface area contributed by atoms with E-state index >= 15 is 0 Å². The zero-order valence-corrected chi connectivity index (χ0v) is 12.2. The highest BCUT2D eigenvalue weighted by Crippen LogP contribution is 2.31. The first-order valence-corrected chi connectivity index (χ1v) is 7.73. The molecular formula is C15H30N2O. The van der Waals surface area contributed by atoms with Crippen molar-refractivity contribution in [3.8, 4) is 0 Å². The lowest BCUT2D eigenvalue weighted by atomic mass is 9.94. The molecule has 3 heteroatoms. The van der Waals surface area contributed by atoms with E-state index in [0.717, 1.165) is 25.7 Å². The lowest BCUT2D eigenvalue weighted by Crippen LogP contribution is -2.44. The van der Waals surface area contributed by atoms with Gasteiger partial charge < -0.3 is 10.5 Å². The zero-order valence-electron chi connectivity index (χ0n) is 12.2. The second-order valence-corrected chi connectivity index (χ2v) is 6.61. The van der Waals surface area contributed by atoms with Crippen molar-refractivity contribution in [1.29, 1.82) is 0 Å². The SMILES string of the molecule is CC1(C)CCC(CN(CCN)C2CCCCC2)O1. The van der Waals surface area contributed by atoms with Gasteiger partial charge in [-0.3, -0.25) is 4.90 Å². The van der Waals surface area contributed by atoms with Gasteiger partial charge in [-0.2, -0.15) is 0 Å². The first-order valence-electron chi connectivity index (χ1n) is 7.73. The molecule has 1 heterocycles. The molecule has 2 N–H and O–H groups in total. The summed E-state index contributed by atoms with van der Waals surface area (Å²) in [5.41, 5.74) is 5.87. The number of nitrogens with zero attached hydrogens (tertiary/aromatic N) is 1. The van der Waals surface area contributed by atoms with Crippen molar-refractivity contribution in [3.63, 3.8) is 0 Å². The largest absolute Gasteiger partial charge is 0.371 e. The predicted octanol–water partition coefficient (Wildman–Crippen LogP) is 2.54. The van der Waals surface area contributed by atoms with Crippen LogP contribution in [0.15, 0.2) is 0 Å². The molecular weight excluding hydrogens is 224 g/mol. The number of nitrogens with two attached hydrogens (primary N) is 1. The van der Waals surface area contributed by atoms with Crippen LogP contribution in [0.5, 0.6) is 0 Å². The summed E-state index contributed by atoms with van der Waals surface area (Å²) in [6.07, 6.45) is 9.74. The van der Waals surface area contributed by atoms with Crippen LogP contribution in [0.4, 0.5) is 0 Å². The Hall–Kier alpha value is -0.120. The lowest BCUT2D eigenvalue weighted by molar-refractivity contribution is -0.0353. The third-order valence-corrected chi connectivity index (χ3v) is 4.50. The first-order chi connectivity index (χ1) is 8.61. The van der Waals surface area contributed by atoms with Gasteiger partial charge in [0.2, 0.25) is 0 Å². The van der Waals surface area contributed by atoms with Crippen molar-refractivity contribution in [2.45, 2.75) is 76.5 Å². The van der Waals surface area contributed by atoms with Crippen molar-refractivity contribution in [1.82, 2.24) is 4.90 Å². The Morgan fingerprint density at radius 3 is 2.44 bits per heavy atom. The van der Waals surface area contributed by atoms with Crippen LogP contribution in [0, 0.1) is 0 Å². The van der Waals surface area contributed by atoms with Gasteiger partial charge in [-0.15, -0.1) is 0 Å². The summed E-state index contributed by atoms with van der Waals surface area (Å²) in [5.74, 6) is 0. The van der Waals surface area contributed by atoms with Gasteiger partial charge in [0.15, 0.2) is 0 Å². The minimum atomic E-state index is 0.0889.